The fraction of sp³-hybridized carbons (Fsp3) is 0.625. The smallest absolute Gasteiger partial charge is 0.179 e. The molecule has 1 aromatic rings. The van der Waals surface area contributed by atoms with Crippen molar-refractivity contribution in [1.29, 1.82) is 0 Å². The molecule has 0 amide bonds. The third-order valence-electron chi connectivity index (χ3n) is 3.81. The average molecular weight is 315 g/mol. The lowest BCUT2D eigenvalue weighted by molar-refractivity contribution is 0.251. The van der Waals surface area contributed by atoms with E-state index < -0.39 is 0 Å². The molecule has 0 heterocycles. The Hall–Kier alpha value is -0.970. The van der Waals surface area contributed by atoms with Crippen LogP contribution in [0.2, 0.25) is 5.02 Å². The summed E-state index contributed by atoms with van der Waals surface area (Å²) >= 11 is 6.20. The summed E-state index contributed by atoms with van der Waals surface area (Å²) in [5.74, 6) is 1.25. The first-order valence-corrected chi connectivity index (χ1v) is 7.72. The lowest BCUT2D eigenvalue weighted by atomic mass is 10.2. The number of nitrogens with zero attached hydrogens (tertiary/aromatic N) is 1. The van der Waals surface area contributed by atoms with Gasteiger partial charge in [0.25, 0.3) is 0 Å². The second kappa shape index (κ2) is 9.13. The van der Waals surface area contributed by atoms with E-state index in [-0.39, 0.29) is 0 Å². The van der Waals surface area contributed by atoms with Gasteiger partial charge in [-0.05, 0) is 38.1 Å². The molecule has 0 fully saturated rings. The van der Waals surface area contributed by atoms with Gasteiger partial charge in [0, 0.05) is 25.7 Å². The standard InChI is InChI=1S/C16H27ClN2O2/c1-6-12(2)19(3)8-7-18-11-13-9-14(17)16(21-5)15(10-13)20-4/h9-10,12,18H,6-8,11H2,1-5H3. The van der Waals surface area contributed by atoms with Crippen LogP contribution in [-0.2, 0) is 6.54 Å². The molecule has 0 aliphatic carbocycles. The van der Waals surface area contributed by atoms with Crippen LogP contribution in [0.5, 0.6) is 11.5 Å². The van der Waals surface area contributed by atoms with Gasteiger partial charge >= 0.3 is 0 Å². The van der Waals surface area contributed by atoms with Crippen LogP contribution in [0.3, 0.4) is 0 Å². The summed E-state index contributed by atoms with van der Waals surface area (Å²) in [4.78, 5) is 2.36. The summed E-state index contributed by atoms with van der Waals surface area (Å²) in [6.07, 6.45) is 1.17. The molecule has 120 valence electrons. The fourth-order valence-corrected chi connectivity index (χ4v) is 2.40. The first kappa shape index (κ1) is 18.1. The number of rotatable bonds is 9. The van der Waals surface area contributed by atoms with Crippen molar-refractivity contribution in [2.75, 3.05) is 34.4 Å². The Kier molecular flexibility index (Phi) is 7.86. The highest BCUT2D eigenvalue weighted by Gasteiger charge is 2.11. The van der Waals surface area contributed by atoms with Crippen LogP contribution in [0.1, 0.15) is 25.8 Å². The van der Waals surface area contributed by atoms with Crippen LogP contribution in [0.25, 0.3) is 0 Å². The molecule has 0 radical (unpaired) electrons. The number of likely N-dealkylation sites (N-methyl/N-ethyl adjacent to an activating group) is 1. The van der Waals surface area contributed by atoms with Crippen molar-refractivity contribution in [1.82, 2.24) is 10.2 Å². The van der Waals surface area contributed by atoms with Crippen LogP contribution < -0.4 is 14.8 Å². The van der Waals surface area contributed by atoms with Crippen molar-refractivity contribution in [2.45, 2.75) is 32.9 Å². The lowest BCUT2D eigenvalue weighted by Gasteiger charge is -2.23. The van der Waals surface area contributed by atoms with Crippen molar-refractivity contribution < 1.29 is 9.47 Å². The molecule has 0 bridgehead atoms. The van der Waals surface area contributed by atoms with E-state index in [9.17, 15) is 0 Å². The molecular formula is C16H27ClN2O2. The van der Waals surface area contributed by atoms with E-state index in [1.807, 2.05) is 12.1 Å². The van der Waals surface area contributed by atoms with E-state index in [0.29, 0.717) is 22.6 Å². The first-order valence-electron chi connectivity index (χ1n) is 7.34. The zero-order valence-electron chi connectivity index (χ0n) is 13.7. The topological polar surface area (TPSA) is 33.7 Å². The Morgan fingerprint density at radius 3 is 2.57 bits per heavy atom. The Morgan fingerprint density at radius 1 is 1.29 bits per heavy atom. The quantitative estimate of drug-likeness (QED) is 0.710. The Bertz CT molecular complexity index is 441. The maximum absolute atomic E-state index is 6.20. The molecule has 21 heavy (non-hydrogen) atoms. The molecule has 1 unspecified atom stereocenters. The Balaban J connectivity index is 2.51. The molecule has 1 rings (SSSR count). The third-order valence-corrected chi connectivity index (χ3v) is 4.09. The van der Waals surface area contributed by atoms with E-state index in [1.54, 1.807) is 14.2 Å². The van der Waals surface area contributed by atoms with Crippen LogP contribution in [0.15, 0.2) is 12.1 Å². The Morgan fingerprint density at radius 2 is 2.00 bits per heavy atom. The number of halogens is 1. The SMILES string of the molecule is CCC(C)N(C)CCNCc1cc(Cl)c(OC)c(OC)c1. The average Bonchev–Trinajstić information content (AvgIpc) is 2.49. The first-order chi connectivity index (χ1) is 10.0. The number of hydrogen-bond donors (Lipinski definition) is 1. The number of nitrogens with one attached hydrogen (secondary N) is 1. The Labute approximate surface area is 133 Å². The van der Waals surface area contributed by atoms with E-state index in [0.717, 1.165) is 25.2 Å². The van der Waals surface area contributed by atoms with Crippen molar-refractivity contribution in [3.05, 3.63) is 22.7 Å². The summed E-state index contributed by atoms with van der Waals surface area (Å²) in [6.45, 7) is 7.17. The van der Waals surface area contributed by atoms with Crippen LogP contribution in [0, 0.1) is 0 Å². The van der Waals surface area contributed by atoms with Gasteiger partial charge in [-0.25, -0.2) is 0 Å². The minimum absolute atomic E-state index is 0.574. The predicted molar refractivity (Wildman–Crippen MR) is 88.6 cm³/mol. The van der Waals surface area contributed by atoms with E-state index in [2.05, 4.69) is 31.1 Å². The van der Waals surface area contributed by atoms with Gasteiger partial charge in [-0.15, -0.1) is 0 Å². The zero-order valence-corrected chi connectivity index (χ0v) is 14.5. The number of methoxy groups -OCH3 is 2. The van der Waals surface area contributed by atoms with Crippen molar-refractivity contribution >= 4 is 11.6 Å². The number of ether oxygens (including phenoxy) is 2. The molecule has 0 aliphatic heterocycles. The fourth-order valence-electron chi connectivity index (χ4n) is 2.09. The zero-order chi connectivity index (χ0) is 15.8. The summed E-state index contributed by atoms with van der Waals surface area (Å²) in [5, 5.41) is 4.01. The largest absolute Gasteiger partial charge is 0.493 e. The number of hydrogen-bond acceptors (Lipinski definition) is 4. The van der Waals surface area contributed by atoms with Gasteiger partial charge in [0.15, 0.2) is 11.5 Å². The van der Waals surface area contributed by atoms with Crippen molar-refractivity contribution in [3.8, 4) is 11.5 Å². The monoisotopic (exact) mass is 314 g/mol. The normalized spacial score (nSPS) is 12.5. The summed E-state index contributed by atoms with van der Waals surface area (Å²) < 4.78 is 10.5. The van der Waals surface area contributed by atoms with Crippen LogP contribution in [0.4, 0.5) is 0 Å². The molecule has 0 saturated heterocycles. The van der Waals surface area contributed by atoms with Gasteiger partial charge in [0.2, 0.25) is 0 Å². The third kappa shape index (κ3) is 5.38. The molecule has 1 N–H and O–H groups in total. The maximum atomic E-state index is 6.20. The molecule has 1 atom stereocenters. The molecule has 5 heteroatoms. The van der Waals surface area contributed by atoms with E-state index in [1.165, 1.54) is 6.42 Å². The van der Waals surface area contributed by atoms with Gasteiger partial charge in [-0.1, -0.05) is 18.5 Å². The number of benzene rings is 1. The van der Waals surface area contributed by atoms with Crippen LogP contribution >= 0.6 is 11.6 Å². The molecule has 0 aliphatic rings. The highest BCUT2D eigenvalue weighted by atomic mass is 35.5. The van der Waals surface area contributed by atoms with Crippen LogP contribution in [-0.4, -0.2) is 45.3 Å². The summed E-state index contributed by atoms with van der Waals surface area (Å²) in [7, 11) is 5.36. The maximum Gasteiger partial charge on any atom is 0.179 e. The second-order valence-corrected chi connectivity index (χ2v) is 5.64. The molecule has 0 spiro atoms. The van der Waals surface area contributed by atoms with Crippen molar-refractivity contribution in [3.63, 3.8) is 0 Å². The van der Waals surface area contributed by atoms with Gasteiger partial charge in [0.1, 0.15) is 0 Å². The second-order valence-electron chi connectivity index (χ2n) is 5.23. The van der Waals surface area contributed by atoms with Gasteiger partial charge in [0.05, 0.1) is 19.2 Å². The van der Waals surface area contributed by atoms with Gasteiger partial charge < -0.3 is 19.7 Å². The minimum Gasteiger partial charge on any atom is -0.493 e. The van der Waals surface area contributed by atoms with E-state index in [4.69, 9.17) is 21.1 Å². The molecule has 1 aromatic carbocycles. The molecule has 4 nitrogen and oxygen atoms in total. The summed E-state index contributed by atoms with van der Waals surface area (Å²) in [5.41, 5.74) is 1.09. The van der Waals surface area contributed by atoms with Gasteiger partial charge in [-0.3, -0.25) is 0 Å². The van der Waals surface area contributed by atoms with Gasteiger partial charge in [-0.2, -0.15) is 0 Å². The molecule has 0 aromatic heterocycles. The van der Waals surface area contributed by atoms with E-state index >= 15 is 0 Å². The minimum atomic E-state index is 0.574. The highest BCUT2D eigenvalue weighted by Crippen LogP contribution is 2.35. The van der Waals surface area contributed by atoms with Crippen molar-refractivity contribution in [2.24, 2.45) is 0 Å². The lowest BCUT2D eigenvalue weighted by Crippen LogP contribution is -2.34. The highest BCUT2D eigenvalue weighted by molar-refractivity contribution is 6.32. The molecule has 0 saturated carbocycles. The summed E-state index contributed by atoms with van der Waals surface area (Å²) in [6, 6.07) is 4.48. The predicted octanol–water partition coefficient (Wildman–Crippen LogP) is 3.18. The molecular weight excluding hydrogens is 288 g/mol.